The molecule has 1 N–H and O–H groups in total. The van der Waals surface area contributed by atoms with Gasteiger partial charge >= 0.3 is 5.97 Å². The van der Waals surface area contributed by atoms with Gasteiger partial charge in [0.05, 0.1) is 6.10 Å². The maximum atomic E-state index is 12.6. The van der Waals surface area contributed by atoms with Crippen molar-refractivity contribution in [2.24, 2.45) is 0 Å². The number of rotatable bonds is 9. The van der Waals surface area contributed by atoms with Crippen LogP contribution in [0.4, 0.5) is 8.78 Å². The Kier molecular flexibility index (Phi) is 6.88. The summed E-state index contributed by atoms with van der Waals surface area (Å²) in [6, 6.07) is 0. The molecule has 0 saturated carbocycles. The van der Waals surface area contributed by atoms with Crippen LogP contribution in [0.2, 0.25) is 0 Å². The molecule has 0 rings (SSSR count). The summed E-state index contributed by atoms with van der Waals surface area (Å²) < 4.78 is 30.2. The Labute approximate surface area is 94.1 Å². The Balaban J connectivity index is 3.98. The predicted molar refractivity (Wildman–Crippen MR) is 56.7 cm³/mol. The number of carboxylic acids is 1. The summed E-state index contributed by atoms with van der Waals surface area (Å²) in [5.74, 6) is -3.83. The number of aliphatic carboxylic acids is 1. The van der Waals surface area contributed by atoms with Crippen LogP contribution in [0.3, 0.4) is 0 Å². The Morgan fingerprint density at radius 2 is 2.19 bits per heavy atom. The van der Waals surface area contributed by atoms with Crippen molar-refractivity contribution < 1.29 is 23.4 Å². The number of allylic oxidation sites excluding steroid dienone is 1. The van der Waals surface area contributed by atoms with Crippen LogP contribution in [0.1, 0.15) is 32.6 Å². The third-order valence-electron chi connectivity index (χ3n) is 2.04. The fourth-order valence-corrected chi connectivity index (χ4v) is 1.22. The molecule has 3 nitrogen and oxygen atoms in total. The van der Waals surface area contributed by atoms with Crippen molar-refractivity contribution in [2.75, 3.05) is 6.61 Å². The van der Waals surface area contributed by atoms with Gasteiger partial charge in [-0.05, 0) is 26.2 Å². The van der Waals surface area contributed by atoms with Gasteiger partial charge in [0.15, 0.2) is 0 Å². The Morgan fingerprint density at radius 1 is 1.56 bits per heavy atom. The highest BCUT2D eigenvalue weighted by Gasteiger charge is 2.23. The highest BCUT2D eigenvalue weighted by molar-refractivity contribution is 5.68. The minimum Gasteiger partial charge on any atom is -0.480 e. The molecule has 0 aromatic carbocycles. The van der Waals surface area contributed by atoms with Crippen LogP contribution in [0, 0.1) is 0 Å². The number of carboxylic acid groups (broad SMARTS) is 1. The minimum atomic E-state index is -2.74. The van der Waals surface area contributed by atoms with E-state index < -0.39 is 24.6 Å². The van der Waals surface area contributed by atoms with E-state index in [2.05, 4.69) is 6.58 Å². The second-order valence-corrected chi connectivity index (χ2v) is 3.80. The molecule has 0 amide bonds. The van der Waals surface area contributed by atoms with E-state index in [1.54, 1.807) is 6.08 Å². The zero-order valence-electron chi connectivity index (χ0n) is 9.42. The first-order valence-corrected chi connectivity index (χ1v) is 5.17. The first-order valence-electron chi connectivity index (χ1n) is 5.17. The number of halogens is 2. The van der Waals surface area contributed by atoms with E-state index in [4.69, 9.17) is 9.84 Å². The molecule has 1 unspecified atom stereocenters. The van der Waals surface area contributed by atoms with E-state index in [1.807, 2.05) is 0 Å². The van der Waals surface area contributed by atoms with Gasteiger partial charge in [-0.3, -0.25) is 0 Å². The average Bonchev–Trinajstić information content (AvgIpc) is 2.15. The summed E-state index contributed by atoms with van der Waals surface area (Å²) in [5.41, 5.74) is 0. The molecule has 0 fully saturated rings. The van der Waals surface area contributed by atoms with Crippen molar-refractivity contribution in [3.05, 3.63) is 12.7 Å². The SMILES string of the molecule is C=CCCC(CCC(C)(F)F)OCC(=O)O. The molecule has 0 aromatic rings. The molecule has 1 atom stereocenters. The van der Waals surface area contributed by atoms with Crippen LogP contribution < -0.4 is 0 Å². The molecule has 5 heteroatoms. The smallest absolute Gasteiger partial charge is 0.329 e. The van der Waals surface area contributed by atoms with E-state index >= 15 is 0 Å². The zero-order valence-corrected chi connectivity index (χ0v) is 9.42. The van der Waals surface area contributed by atoms with Gasteiger partial charge in [-0.2, -0.15) is 0 Å². The maximum absolute atomic E-state index is 12.6. The summed E-state index contributed by atoms with van der Waals surface area (Å²) >= 11 is 0. The molecule has 0 aliphatic heterocycles. The lowest BCUT2D eigenvalue weighted by Gasteiger charge is -2.18. The second kappa shape index (κ2) is 7.33. The van der Waals surface area contributed by atoms with Gasteiger partial charge < -0.3 is 9.84 Å². The second-order valence-electron chi connectivity index (χ2n) is 3.80. The van der Waals surface area contributed by atoms with Crippen LogP contribution in [-0.2, 0) is 9.53 Å². The van der Waals surface area contributed by atoms with Gasteiger partial charge in [-0.15, -0.1) is 6.58 Å². The normalized spacial score (nSPS) is 13.4. The van der Waals surface area contributed by atoms with Crippen molar-refractivity contribution in [1.82, 2.24) is 0 Å². The van der Waals surface area contributed by atoms with Crippen LogP contribution in [-0.4, -0.2) is 29.7 Å². The lowest BCUT2D eigenvalue weighted by atomic mass is 10.1. The number of carbonyl (C=O) groups is 1. The monoisotopic (exact) mass is 236 g/mol. The Bertz CT molecular complexity index is 224. The number of alkyl halides is 2. The largest absolute Gasteiger partial charge is 0.480 e. The first kappa shape index (κ1) is 15.0. The summed E-state index contributed by atoms with van der Waals surface area (Å²) in [4.78, 5) is 10.3. The topological polar surface area (TPSA) is 46.5 Å². The minimum absolute atomic E-state index is 0.157. The standard InChI is InChI=1S/C11H18F2O3/c1-3-4-5-9(16-8-10(14)15)6-7-11(2,12)13/h3,9H,1,4-8H2,2H3,(H,14,15). The summed E-state index contributed by atoms with van der Waals surface area (Å²) in [6.07, 6.45) is 2.21. The number of hydrogen-bond donors (Lipinski definition) is 1. The molecule has 16 heavy (non-hydrogen) atoms. The summed E-state index contributed by atoms with van der Waals surface area (Å²) in [5, 5.41) is 8.42. The van der Waals surface area contributed by atoms with Crippen LogP contribution in [0.15, 0.2) is 12.7 Å². The van der Waals surface area contributed by atoms with Gasteiger partial charge in [0, 0.05) is 6.42 Å². The molecule has 0 heterocycles. The molecule has 0 aliphatic rings. The molecule has 0 saturated heterocycles. The van der Waals surface area contributed by atoms with Gasteiger partial charge in [0.1, 0.15) is 6.61 Å². The van der Waals surface area contributed by atoms with Crippen LogP contribution in [0.5, 0.6) is 0 Å². The Morgan fingerprint density at radius 3 is 2.62 bits per heavy atom. The van der Waals surface area contributed by atoms with E-state index in [1.165, 1.54) is 0 Å². The van der Waals surface area contributed by atoms with E-state index in [0.717, 1.165) is 6.92 Å². The fourth-order valence-electron chi connectivity index (χ4n) is 1.22. The molecule has 0 aliphatic carbocycles. The van der Waals surface area contributed by atoms with E-state index in [0.29, 0.717) is 12.8 Å². The molecule has 0 aromatic heterocycles. The highest BCUT2D eigenvalue weighted by atomic mass is 19.3. The first-order chi connectivity index (χ1) is 7.35. The fraction of sp³-hybridized carbons (Fsp3) is 0.727. The van der Waals surface area contributed by atoms with Crippen molar-refractivity contribution >= 4 is 5.97 Å². The predicted octanol–water partition coefficient (Wildman–Crippen LogP) is 2.86. The number of ether oxygens (including phenoxy) is 1. The number of hydrogen-bond acceptors (Lipinski definition) is 2. The molecule has 0 radical (unpaired) electrons. The third kappa shape index (κ3) is 9.58. The van der Waals surface area contributed by atoms with E-state index in [9.17, 15) is 13.6 Å². The van der Waals surface area contributed by atoms with E-state index in [-0.39, 0.29) is 12.8 Å². The average molecular weight is 236 g/mol. The summed E-state index contributed by atoms with van der Waals surface area (Å²) in [6.45, 7) is 3.91. The molecular weight excluding hydrogens is 218 g/mol. The van der Waals surface area contributed by atoms with Gasteiger partial charge in [-0.25, -0.2) is 13.6 Å². The lowest BCUT2D eigenvalue weighted by Crippen LogP contribution is -2.21. The molecule has 0 spiro atoms. The van der Waals surface area contributed by atoms with Gasteiger partial charge in [0.2, 0.25) is 5.92 Å². The summed E-state index contributed by atoms with van der Waals surface area (Å²) in [7, 11) is 0. The molecular formula is C11H18F2O3. The molecule has 0 bridgehead atoms. The lowest BCUT2D eigenvalue weighted by molar-refractivity contribution is -0.144. The van der Waals surface area contributed by atoms with Crippen LogP contribution in [0.25, 0.3) is 0 Å². The quantitative estimate of drug-likeness (QED) is 0.626. The third-order valence-corrected chi connectivity index (χ3v) is 2.04. The molecule has 94 valence electrons. The highest BCUT2D eigenvalue weighted by Crippen LogP contribution is 2.22. The van der Waals surface area contributed by atoms with Gasteiger partial charge in [-0.1, -0.05) is 6.08 Å². The van der Waals surface area contributed by atoms with Crippen molar-refractivity contribution in [2.45, 2.75) is 44.6 Å². The Hall–Kier alpha value is -0.970. The van der Waals surface area contributed by atoms with Gasteiger partial charge in [0.25, 0.3) is 0 Å². The van der Waals surface area contributed by atoms with Crippen molar-refractivity contribution in [3.63, 3.8) is 0 Å². The van der Waals surface area contributed by atoms with Crippen molar-refractivity contribution in [3.8, 4) is 0 Å². The van der Waals surface area contributed by atoms with Crippen LogP contribution >= 0.6 is 0 Å². The van der Waals surface area contributed by atoms with Crippen molar-refractivity contribution in [1.29, 1.82) is 0 Å². The zero-order chi connectivity index (χ0) is 12.6. The maximum Gasteiger partial charge on any atom is 0.329 e.